The SMILES string of the molecule is O=C(C(O)c1cccc(-c2cccc(F)c2)c1)N1CCCc2nc(C3(c4cccc(C5CCCCC5)c4)CC3)[nH]c(=O)c2C1. The summed E-state index contributed by atoms with van der Waals surface area (Å²) in [5.41, 5.74) is 5.21. The minimum Gasteiger partial charge on any atom is -0.378 e. The van der Waals surface area contributed by atoms with Crippen LogP contribution >= 0.6 is 0 Å². The number of aromatic nitrogens is 2. The molecule has 226 valence electrons. The molecule has 2 saturated carbocycles. The fraction of sp³-hybridized carbons (Fsp3) is 0.378. The van der Waals surface area contributed by atoms with Crippen molar-refractivity contribution in [2.75, 3.05) is 6.54 Å². The molecule has 0 spiro atoms. The van der Waals surface area contributed by atoms with Crippen LogP contribution in [0.4, 0.5) is 4.39 Å². The second-order valence-corrected chi connectivity index (χ2v) is 12.8. The molecule has 2 aliphatic carbocycles. The Labute approximate surface area is 257 Å². The molecular weight excluding hydrogens is 553 g/mol. The maximum atomic E-state index is 13.8. The number of benzene rings is 3. The number of nitrogens with zero attached hydrogens (tertiary/aromatic N) is 2. The van der Waals surface area contributed by atoms with Gasteiger partial charge >= 0.3 is 0 Å². The van der Waals surface area contributed by atoms with Crippen LogP contribution < -0.4 is 5.56 Å². The number of carbonyl (C=O) groups excluding carboxylic acids is 1. The van der Waals surface area contributed by atoms with E-state index in [0.29, 0.717) is 47.6 Å². The minimum absolute atomic E-state index is 0.0988. The largest absolute Gasteiger partial charge is 0.378 e. The summed E-state index contributed by atoms with van der Waals surface area (Å²) in [4.78, 5) is 36.8. The number of amides is 1. The van der Waals surface area contributed by atoms with Gasteiger partial charge < -0.3 is 15.0 Å². The van der Waals surface area contributed by atoms with Gasteiger partial charge in [0.15, 0.2) is 6.10 Å². The van der Waals surface area contributed by atoms with Crippen molar-refractivity contribution in [2.24, 2.45) is 0 Å². The summed E-state index contributed by atoms with van der Waals surface area (Å²) in [5.74, 6) is 0.531. The van der Waals surface area contributed by atoms with Crippen LogP contribution in [0.25, 0.3) is 11.1 Å². The zero-order valence-electron chi connectivity index (χ0n) is 24.9. The van der Waals surface area contributed by atoms with Crippen LogP contribution in [-0.4, -0.2) is 32.4 Å². The fourth-order valence-electron chi connectivity index (χ4n) is 7.22. The number of halogens is 1. The highest BCUT2D eigenvalue weighted by atomic mass is 19.1. The molecule has 0 radical (unpaired) electrons. The molecule has 3 aliphatic rings. The van der Waals surface area contributed by atoms with Gasteiger partial charge in [-0.2, -0.15) is 0 Å². The van der Waals surface area contributed by atoms with E-state index < -0.39 is 12.0 Å². The van der Waals surface area contributed by atoms with E-state index in [1.54, 1.807) is 35.2 Å². The normalized spacial score (nSPS) is 18.7. The first-order valence-corrected chi connectivity index (χ1v) is 16.0. The smallest absolute Gasteiger partial charge is 0.256 e. The molecular formula is C37H38FN3O3. The molecule has 7 heteroatoms. The number of hydrogen-bond acceptors (Lipinski definition) is 4. The van der Waals surface area contributed by atoms with Gasteiger partial charge in [0.2, 0.25) is 0 Å². The molecule has 0 bridgehead atoms. The molecule has 1 aromatic heterocycles. The van der Waals surface area contributed by atoms with Crippen molar-refractivity contribution in [2.45, 2.75) is 81.8 Å². The Hall–Kier alpha value is -4.10. The number of hydrogen-bond donors (Lipinski definition) is 2. The Morgan fingerprint density at radius 2 is 1.70 bits per heavy atom. The topological polar surface area (TPSA) is 86.3 Å². The van der Waals surface area contributed by atoms with Gasteiger partial charge in [-0.15, -0.1) is 0 Å². The predicted molar refractivity (Wildman–Crippen MR) is 168 cm³/mol. The molecule has 1 aliphatic heterocycles. The average Bonchev–Trinajstić information content (AvgIpc) is 3.90. The number of nitrogens with one attached hydrogen (secondary N) is 1. The lowest BCUT2D eigenvalue weighted by Gasteiger charge is -2.25. The highest BCUT2D eigenvalue weighted by Crippen LogP contribution is 2.52. The third-order valence-electron chi connectivity index (χ3n) is 9.92. The minimum atomic E-state index is -1.40. The number of aromatic amines is 1. The standard InChI is InChI=1S/C37H38FN3O3/c38-30-15-6-12-27(22-30)25-10-4-13-28(20-25)33(42)35(44)41-19-7-16-32-31(23-41)34(43)40-36(39-32)37(17-18-37)29-14-5-11-26(21-29)24-8-2-1-3-9-24/h4-6,10-15,20-22,24,33,42H,1-3,7-9,16-19,23H2,(H,39,40,43). The van der Waals surface area contributed by atoms with E-state index in [0.717, 1.165) is 24.4 Å². The van der Waals surface area contributed by atoms with Crippen molar-refractivity contribution < 1.29 is 14.3 Å². The third kappa shape index (κ3) is 5.50. The number of fused-ring (bicyclic) bond motifs is 1. The lowest BCUT2D eigenvalue weighted by Crippen LogP contribution is -2.36. The van der Waals surface area contributed by atoms with E-state index >= 15 is 0 Å². The van der Waals surface area contributed by atoms with Crippen molar-refractivity contribution >= 4 is 5.91 Å². The molecule has 1 unspecified atom stereocenters. The molecule has 1 atom stereocenters. The van der Waals surface area contributed by atoms with E-state index in [-0.39, 0.29) is 23.3 Å². The van der Waals surface area contributed by atoms with Gasteiger partial charge in [0.05, 0.1) is 23.2 Å². The quantitative estimate of drug-likeness (QED) is 0.261. The summed E-state index contributed by atoms with van der Waals surface area (Å²) in [6.45, 7) is 0.515. The van der Waals surface area contributed by atoms with Gasteiger partial charge in [-0.05, 0) is 90.5 Å². The van der Waals surface area contributed by atoms with Gasteiger partial charge in [-0.1, -0.05) is 73.9 Å². The lowest BCUT2D eigenvalue weighted by atomic mass is 9.82. The highest BCUT2D eigenvalue weighted by Gasteiger charge is 2.49. The van der Waals surface area contributed by atoms with Crippen LogP contribution in [0.5, 0.6) is 0 Å². The maximum Gasteiger partial charge on any atom is 0.256 e. The van der Waals surface area contributed by atoms with E-state index in [4.69, 9.17) is 4.98 Å². The molecule has 3 aromatic carbocycles. The summed E-state index contributed by atoms with van der Waals surface area (Å²) in [5, 5.41) is 11.1. The second-order valence-electron chi connectivity index (χ2n) is 12.8. The Morgan fingerprint density at radius 1 is 0.955 bits per heavy atom. The Kier molecular flexibility index (Phi) is 7.67. The van der Waals surface area contributed by atoms with Gasteiger partial charge in [0, 0.05) is 6.54 Å². The first kappa shape index (κ1) is 28.7. The van der Waals surface area contributed by atoms with Crippen molar-refractivity contribution in [3.05, 3.63) is 123 Å². The Balaban J connectivity index is 1.12. The predicted octanol–water partition coefficient (Wildman–Crippen LogP) is 6.71. The Bertz CT molecular complexity index is 1760. The van der Waals surface area contributed by atoms with E-state index in [1.165, 1.54) is 55.4 Å². The molecule has 4 aromatic rings. The zero-order valence-corrected chi connectivity index (χ0v) is 24.9. The van der Waals surface area contributed by atoms with Crippen LogP contribution in [0, 0.1) is 5.82 Å². The molecule has 2 fully saturated rings. The van der Waals surface area contributed by atoms with Crippen LogP contribution in [-0.2, 0) is 23.2 Å². The molecule has 6 nitrogen and oxygen atoms in total. The van der Waals surface area contributed by atoms with Crippen molar-refractivity contribution in [3.63, 3.8) is 0 Å². The first-order chi connectivity index (χ1) is 21.4. The summed E-state index contributed by atoms with van der Waals surface area (Å²) in [7, 11) is 0. The van der Waals surface area contributed by atoms with Crippen LogP contribution in [0.1, 0.15) is 97.2 Å². The van der Waals surface area contributed by atoms with Crippen molar-refractivity contribution in [1.29, 1.82) is 0 Å². The average molecular weight is 592 g/mol. The molecule has 7 rings (SSSR count). The Morgan fingerprint density at radius 3 is 2.48 bits per heavy atom. The molecule has 2 heterocycles. The number of rotatable bonds is 6. The van der Waals surface area contributed by atoms with Crippen LogP contribution in [0.3, 0.4) is 0 Å². The number of aliphatic hydroxyl groups is 1. The first-order valence-electron chi connectivity index (χ1n) is 16.0. The summed E-state index contributed by atoms with van der Waals surface area (Å²) >= 11 is 0. The van der Waals surface area contributed by atoms with Gasteiger partial charge in [0.1, 0.15) is 11.6 Å². The summed E-state index contributed by atoms with van der Waals surface area (Å²) in [6, 6.07) is 22.1. The second kappa shape index (κ2) is 11.8. The van der Waals surface area contributed by atoms with Crippen LogP contribution in [0.15, 0.2) is 77.6 Å². The number of H-pyrrole nitrogens is 1. The molecule has 1 amide bonds. The lowest BCUT2D eigenvalue weighted by molar-refractivity contribution is -0.141. The maximum absolute atomic E-state index is 13.8. The fourth-order valence-corrected chi connectivity index (χ4v) is 7.22. The number of aliphatic hydroxyl groups excluding tert-OH is 1. The molecule has 44 heavy (non-hydrogen) atoms. The van der Waals surface area contributed by atoms with E-state index in [1.807, 2.05) is 6.07 Å². The van der Waals surface area contributed by atoms with Gasteiger partial charge in [0.25, 0.3) is 11.5 Å². The van der Waals surface area contributed by atoms with Crippen LogP contribution in [0.2, 0.25) is 0 Å². The monoisotopic (exact) mass is 591 g/mol. The van der Waals surface area contributed by atoms with Crippen molar-refractivity contribution in [3.8, 4) is 11.1 Å². The van der Waals surface area contributed by atoms with Gasteiger partial charge in [-0.25, -0.2) is 9.37 Å². The molecule has 2 N–H and O–H groups in total. The summed E-state index contributed by atoms with van der Waals surface area (Å²) < 4.78 is 13.8. The summed E-state index contributed by atoms with van der Waals surface area (Å²) in [6.07, 6.45) is 8.14. The molecule has 0 saturated heterocycles. The number of carbonyl (C=O) groups is 1. The van der Waals surface area contributed by atoms with Crippen molar-refractivity contribution in [1.82, 2.24) is 14.9 Å². The highest BCUT2D eigenvalue weighted by molar-refractivity contribution is 5.83. The third-order valence-corrected chi connectivity index (χ3v) is 9.92. The van der Waals surface area contributed by atoms with E-state index in [9.17, 15) is 19.1 Å². The number of aryl methyl sites for hydroxylation is 1. The van der Waals surface area contributed by atoms with E-state index in [2.05, 4.69) is 29.2 Å². The van der Waals surface area contributed by atoms with Gasteiger partial charge in [-0.3, -0.25) is 9.59 Å². The zero-order chi connectivity index (χ0) is 30.3.